The van der Waals surface area contributed by atoms with E-state index in [9.17, 15) is 17.6 Å². The van der Waals surface area contributed by atoms with Gasteiger partial charge in [-0.2, -0.15) is 4.31 Å². The number of Topliss-reactive ketones (excluding diaryl/α,β-unsaturated/α-hetero) is 1. The highest BCUT2D eigenvalue weighted by atomic mass is 32.2. The molecule has 0 saturated carbocycles. The van der Waals surface area contributed by atoms with Gasteiger partial charge in [0.05, 0.1) is 4.90 Å². The number of carbonyl (C=O) groups excluding carboxylic acids is 1. The molecule has 1 aromatic rings. The molecular formula is C15H20FNO3S. The van der Waals surface area contributed by atoms with Gasteiger partial charge in [-0.15, -0.1) is 0 Å². The summed E-state index contributed by atoms with van der Waals surface area (Å²) in [6.45, 7) is 5.30. The molecule has 1 heterocycles. The third kappa shape index (κ3) is 3.16. The van der Waals surface area contributed by atoms with Crippen LogP contribution in [-0.4, -0.2) is 31.6 Å². The largest absolute Gasteiger partial charge is 0.300 e. The van der Waals surface area contributed by atoms with Crippen LogP contribution in [0.4, 0.5) is 4.39 Å². The van der Waals surface area contributed by atoms with Gasteiger partial charge in [0.15, 0.2) is 0 Å². The van der Waals surface area contributed by atoms with E-state index >= 15 is 0 Å². The molecule has 1 aliphatic heterocycles. The lowest BCUT2D eigenvalue weighted by Crippen LogP contribution is -2.42. The molecule has 1 saturated heterocycles. The molecule has 21 heavy (non-hydrogen) atoms. The van der Waals surface area contributed by atoms with Crippen molar-refractivity contribution in [3.63, 3.8) is 0 Å². The fourth-order valence-electron chi connectivity index (χ4n) is 2.93. The molecule has 1 aromatic carbocycles. The number of rotatable bonds is 3. The van der Waals surface area contributed by atoms with E-state index in [1.807, 2.05) is 0 Å². The summed E-state index contributed by atoms with van der Waals surface area (Å²) in [6.07, 6.45) is 1.39. The van der Waals surface area contributed by atoms with Crippen molar-refractivity contribution in [2.75, 3.05) is 13.1 Å². The normalized spacial score (nSPS) is 20.5. The van der Waals surface area contributed by atoms with E-state index in [4.69, 9.17) is 0 Å². The molecule has 2 rings (SSSR count). The SMILES string of the molecule is CC(=O)C1CCCN(S(=O)(=O)c2c(C)cc(F)cc2C)C1. The Morgan fingerprint density at radius 3 is 2.38 bits per heavy atom. The fraction of sp³-hybridized carbons (Fsp3) is 0.533. The quantitative estimate of drug-likeness (QED) is 0.861. The molecule has 6 heteroatoms. The maximum atomic E-state index is 13.4. The molecule has 1 aliphatic rings. The van der Waals surface area contributed by atoms with E-state index in [0.717, 1.165) is 6.42 Å². The summed E-state index contributed by atoms with van der Waals surface area (Å²) in [6, 6.07) is 2.46. The second kappa shape index (κ2) is 5.85. The average Bonchev–Trinajstić information content (AvgIpc) is 2.37. The molecule has 0 aliphatic carbocycles. The Labute approximate surface area is 125 Å². The summed E-state index contributed by atoms with van der Waals surface area (Å²) < 4.78 is 40.3. The van der Waals surface area contributed by atoms with Gasteiger partial charge in [-0.3, -0.25) is 4.79 Å². The van der Waals surface area contributed by atoms with Crippen LogP contribution in [-0.2, 0) is 14.8 Å². The Morgan fingerprint density at radius 1 is 1.29 bits per heavy atom. The van der Waals surface area contributed by atoms with E-state index in [2.05, 4.69) is 0 Å². The minimum absolute atomic E-state index is 0.0162. The van der Waals surface area contributed by atoms with Crippen LogP contribution in [0, 0.1) is 25.6 Å². The third-order valence-electron chi connectivity index (χ3n) is 3.98. The predicted octanol–water partition coefficient (Wildman–Crippen LogP) is 2.43. The predicted molar refractivity (Wildman–Crippen MR) is 78.0 cm³/mol. The minimum Gasteiger partial charge on any atom is -0.300 e. The summed E-state index contributed by atoms with van der Waals surface area (Å²) in [7, 11) is -3.69. The number of piperidine rings is 1. The second-order valence-corrected chi connectivity index (χ2v) is 7.56. The first-order valence-electron chi connectivity index (χ1n) is 7.01. The average molecular weight is 313 g/mol. The van der Waals surface area contributed by atoms with E-state index in [0.29, 0.717) is 24.1 Å². The Balaban J connectivity index is 2.41. The molecule has 0 radical (unpaired) electrons. The third-order valence-corrected chi connectivity index (χ3v) is 6.15. The Bertz CT molecular complexity index is 646. The van der Waals surface area contributed by atoms with Crippen LogP contribution >= 0.6 is 0 Å². The number of sulfonamides is 1. The highest BCUT2D eigenvalue weighted by molar-refractivity contribution is 7.89. The lowest BCUT2D eigenvalue weighted by molar-refractivity contribution is -0.121. The number of aryl methyl sites for hydroxylation is 2. The zero-order valence-electron chi connectivity index (χ0n) is 12.5. The molecule has 0 amide bonds. The van der Waals surface area contributed by atoms with Crippen molar-refractivity contribution in [2.24, 2.45) is 5.92 Å². The van der Waals surface area contributed by atoms with E-state index in [1.54, 1.807) is 13.8 Å². The summed E-state index contributed by atoms with van der Waals surface area (Å²) in [4.78, 5) is 11.7. The van der Waals surface area contributed by atoms with Crippen molar-refractivity contribution in [3.8, 4) is 0 Å². The smallest absolute Gasteiger partial charge is 0.243 e. The highest BCUT2D eigenvalue weighted by Gasteiger charge is 2.33. The van der Waals surface area contributed by atoms with Crippen molar-refractivity contribution in [2.45, 2.75) is 38.5 Å². The van der Waals surface area contributed by atoms with Gasteiger partial charge < -0.3 is 0 Å². The van der Waals surface area contributed by atoms with Gasteiger partial charge in [0.2, 0.25) is 10.0 Å². The van der Waals surface area contributed by atoms with E-state index in [1.165, 1.54) is 23.4 Å². The Kier molecular flexibility index (Phi) is 4.49. The summed E-state index contributed by atoms with van der Waals surface area (Å²) in [5.74, 6) is -0.666. The fourth-order valence-corrected chi connectivity index (χ4v) is 4.86. The standard InChI is InChI=1S/C15H20FNO3S/c1-10-7-14(16)8-11(2)15(10)21(19,20)17-6-4-5-13(9-17)12(3)18/h7-8,13H,4-6,9H2,1-3H3. The highest BCUT2D eigenvalue weighted by Crippen LogP contribution is 2.28. The van der Waals surface area contributed by atoms with Gasteiger partial charge in [0, 0.05) is 19.0 Å². The van der Waals surface area contributed by atoms with Crippen LogP contribution in [0.1, 0.15) is 30.9 Å². The Morgan fingerprint density at radius 2 is 1.86 bits per heavy atom. The van der Waals surface area contributed by atoms with Crippen molar-refractivity contribution in [1.29, 1.82) is 0 Å². The molecular weight excluding hydrogens is 293 g/mol. The molecule has 1 fully saturated rings. The number of benzene rings is 1. The van der Waals surface area contributed by atoms with Crippen LogP contribution in [0.25, 0.3) is 0 Å². The van der Waals surface area contributed by atoms with Crippen LogP contribution < -0.4 is 0 Å². The molecule has 0 N–H and O–H groups in total. The first-order valence-corrected chi connectivity index (χ1v) is 8.45. The van der Waals surface area contributed by atoms with Gasteiger partial charge in [0.25, 0.3) is 0 Å². The van der Waals surface area contributed by atoms with Crippen molar-refractivity contribution >= 4 is 15.8 Å². The molecule has 116 valence electrons. The van der Waals surface area contributed by atoms with Crippen molar-refractivity contribution in [3.05, 3.63) is 29.1 Å². The number of ketones is 1. The van der Waals surface area contributed by atoms with E-state index in [-0.39, 0.29) is 23.1 Å². The number of hydrogen-bond acceptors (Lipinski definition) is 3. The summed E-state index contributed by atoms with van der Waals surface area (Å²) >= 11 is 0. The summed E-state index contributed by atoms with van der Waals surface area (Å²) in [5.41, 5.74) is 0.801. The van der Waals surface area contributed by atoms with E-state index < -0.39 is 15.8 Å². The Hall–Kier alpha value is -1.27. The maximum absolute atomic E-state index is 13.4. The number of hydrogen-bond donors (Lipinski definition) is 0. The van der Waals surface area contributed by atoms with Gasteiger partial charge in [0.1, 0.15) is 11.6 Å². The van der Waals surface area contributed by atoms with Gasteiger partial charge in [-0.25, -0.2) is 12.8 Å². The second-order valence-electron chi connectivity index (χ2n) is 5.68. The monoisotopic (exact) mass is 313 g/mol. The molecule has 0 bridgehead atoms. The van der Waals surface area contributed by atoms with Gasteiger partial charge in [-0.05, 0) is 56.9 Å². The maximum Gasteiger partial charge on any atom is 0.243 e. The van der Waals surface area contributed by atoms with Gasteiger partial charge in [-0.1, -0.05) is 0 Å². The molecule has 4 nitrogen and oxygen atoms in total. The minimum atomic E-state index is -3.69. The zero-order chi connectivity index (χ0) is 15.8. The number of nitrogens with zero attached hydrogens (tertiary/aromatic N) is 1. The number of carbonyl (C=O) groups is 1. The van der Waals surface area contributed by atoms with Crippen molar-refractivity contribution in [1.82, 2.24) is 4.31 Å². The molecule has 1 atom stereocenters. The van der Waals surface area contributed by atoms with Crippen molar-refractivity contribution < 1.29 is 17.6 Å². The van der Waals surface area contributed by atoms with Gasteiger partial charge >= 0.3 is 0 Å². The number of halogens is 1. The van der Waals surface area contributed by atoms with Crippen LogP contribution in [0.3, 0.4) is 0 Å². The molecule has 0 aromatic heterocycles. The summed E-state index contributed by atoms with van der Waals surface area (Å²) in [5, 5.41) is 0. The first kappa shape index (κ1) is 16.1. The zero-order valence-corrected chi connectivity index (χ0v) is 13.3. The first-order chi connectivity index (χ1) is 9.73. The van der Waals surface area contributed by atoms with Crippen LogP contribution in [0.5, 0.6) is 0 Å². The van der Waals surface area contributed by atoms with Crippen LogP contribution in [0.15, 0.2) is 17.0 Å². The van der Waals surface area contributed by atoms with Crippen LogP contribution in [0.2, 0.25) is 0 Å². The molecule has 1 unspecified atom stereocenters. The lowest BCUT2D eigenvalue weighted by atomic mass is 9.96. The topological polar surface area (TPSA) is 54.5 Å². The lowest BCUT2D eigenvalue weighted by Gasteiger charge is -2.31. The molecule has 0 spiro atoms.